The Labute approximate surface area is 330 Å². The average Bonchev–Trinajstić information content (AvgIpc) is 3.69. The molecule has 16 nitrogen and oxygen atoms in total. The fourth-order valence-electron chi connectivity index (χ4n) is 9.14. The van der Waals surface area contributed by atoms with Crippen molar-refractivity contribution >= 4 is 40.3 Å². The van der Waals surface area contributed by atoms with Gasteiger partial charge < -0.3 is 19.3 Å². The summed E-state index contributed by atoms with van der Waals surface area (Å²) in [6.07, 6.45) is 1.93. The van der Waals surface area contributed by atoms with E-state index in [9.17, 15) is 19.2 Å². The molecule has 2 aromatic carbocycles. The number of aromatic nitrogens is 4. The van der Waals surface area contributed by atoms with Gasteiger partial charge >= 0.3 is 0 Å². The summed E-state index contributed by atoms with van der Waals surface area (Å²) in [5, 5.41) is 10.9. The van der Waals surface area contributed by atoms with Crippen molar-refractivity contribution in [3.63, 3.8) is 0 Å². The van der Waals surface area contributed by atoms with E-state index in [1.54, 1.807) is 24.5 Å². The van der Waals surface area contributed by atoms with Crippen LogP contribution in [0.2, 0.25) is 0 Å². The van der Waals surface area contributed by atoms with Crippen molar-refractivity contribution in [3.05, 3.63) is 59.9 Å². The number of imide groups is 2. The molecular formula is C41H48N10O6. The van der Waals surface area contributed by atoms with Crippen LogP contribution in [0.15, 0.2) is 48.8 Å². The van der Waals surface area contributed by atoms with Gasteiger partial charge in [0.15, 0.2) is 0 Å². The van der Waals surface area contributed by atoms with Crippen molar-refractivity contribution in [3.8, 4) is 22.9 Å². The third-order valence-corrected chi connectivity index (χ3v) is 11.9. The lowest BCUT2D eigenvalue weighted by Gasteiger charge is -2.60. The summed E-state index contributed by atoms with van der Waals surface area (Å²) < 4.78 is 11.9. The van der Waals surface area contributed by atoms with Crippen LogP contribution in [0.3, 0.4) is 0 Å². The number of nitrogens with zero attached hydrogens (tertiary/aromatic N) is 8. The summed E-state index contributed by atoms with van der Waals surface area (Å²) in [6, 6.07) is 12.3. The van der Waals surface area contributed by atoms with E-state index in [0.29, 0.717) is 23.8 Å². The number of hydrogen-bond acceptors (Lipinski definition) is 13. The highest BCUT2D eigenvalue weighted by molar-refractivity contribution is 6.23. The number of carbonyl (C=O) groups excluding carboxylic acids is 4. The molecule has 5 aliphatic rings. The van der Waals surface area contributed by atoms with Crippen LogP contribution in [0.1, 0.15) is 54.3 Å². The van der Waals surface area contributed by atoms with Crippen LogP contribution in [0, 0.1) is 5.41 Å². The van der Waals surface area contributed by atoms with Crippen LogP contribution in [0.5, 0.6) is 11.5 Å². The standard InChI is InChI=1S/C41H48N10O6/c1-25(2)57-28-5-7-32-31(17-28)37(46-45-32)33-18-35(43-24-42-33)50-13-12-49(26(3)19-50)11-10-47-20-41(21-47)22-48(23-41)14-15-56-27-4-6-29-30(16-27)40(55)51(39(29)54)34-8-9-36(52)44-38(34)53/h4-7,16-18,24-26,34H,8-15,19-23H2,1-3H3,(H,45,46)(H,44,52,53)/t26-,34?/m0/s1. The Balaban J connectivity index is 0.699. The lowest BCUT2D eigenvalue weighted by Crippen LogP contribution is -2.72. The van der Waals surface area contributed by atoms with Gasteiger partial charge in [0.05, 0.1) is 28.4 Å². The number of fused-ring (bicyclic) bond motifs is 2. The van der Waals surface area contributed by atoms with Crippen molar-refractivity contribution in [1.82, 2.24) is 45.1 Å². The van der Waals surface area contributed by atoms with E-state index in [0.717, 1.165) is 104 Å². The number of anilines is 1. The first-order chi connectivity index (χ1) is 27.5. The average molecular weight is 777 g/mol. The Morgan fingerprint density at radius 1 is 0.877 bits per heavy atom. The molecule has 4 saturated heterocycles. The van der Waals surface area contributed by atoms with Crippen LogP contribution in [0.4, 0.5) is 5.82 Å². The molecule has 298 valence electrons. The summed E-state index contributed by atoms with van der Waals surface area (Å²) in [7, 11) is 0. The number of H-pyrrole nitrogens is 1. The van der Waals surface area contributed by atoms with Gasteiger partial charge in [0, 0.05) is 94.8 Å². The largest absolute Gasteiger partial charge is 0.492 e. The number of hydrogen-bond donors (Lipinski definition) is 2. The minimum atomic E-state index is -0.984. The smallest absolute Gasteiger partial charge is 0.262 e. The normalized spacial score (nSPS) is 22.6. The zero-order valence-corrected chi connectivity index (χ0v) is 32.6. The number of amides is 4. The number of nitrogens with one attached hydrogen (secondary N) is 2. The fraction of sp³-hybridized carbons (Fsp3) is 0.488. The van der Waals surface area contributed by atoms with E-state index in [4.69, 9.17) is 9.47 Å². The molecule has 1 spiro atoms. The molecule has 7 heterocycles. The molecule has 16 heteroatoms. The van der Waals surface area contributed by atoms with E-state index in [-0.39, 0.29) is 30.1 Å². The molecule has 5 aliphatic heterocycles. The third-order valence-electron chi connectivity index (χ3n) is 11.9. The number of piperidine rings is 1. The molecular weight excluding hydrogens is 729 g/mol. The molecule has 2 atom stereocenters. The monoisotopic (exact) mass is 776 g/mol. The number of aromatic amines is 1. The zero-order valence-electron chi connectivity index (χ0n) is 32.6. The molecule has 4 amide bonds. The van der Waals surface area contributed by atoms with E-state index in [1.165, 1.54) is 0 Å². The predicted octanol–water partition coefficient (Wildman–Crippen LogP) is 2.42. The lowest BCUT2D eigenvalue weighted by atomic mass is 9.73. The van der Waals surface area contributed by atoms with Gasteiger partial charge in [0.25, 0.3) is 11.8 Å². The van der Waals surface area contributed by atoms with E-state index < -0.39 is 29.7 Å². The van der Waals surface area contributed by atoms with Crippen LogP contribution in [-0.4, -0.2) is 154 Å². The van der Waals surface area contributed by atoms with Crippen LogP contribution in [-0.2, 0) is 9.59 Å². The molecule has 2 aromatic heterocycles. The number of benzene rings is 2. The minimum Gasteiger partial charge on any atom is -0.492 e. The summed E-state index contributed by atoms with van der Waals surface area (Å²) >= 11 is 0. The number of carbonyl (C=O) groups is 4. The van der Waals surface area contributed by atoms with Gasteiger partial charge in [0.2, 0.25) is 11.8 Å². The summed E-state index contributed by atoms with van der Waals surface area (Å²) in [5.74, 6) is 0.166. The van der Waals surface area contributed by atoms with Gasteiger partial charge in [-0.3, -0.25) is 44.3 Å². The number of likely N-dealkylation sites (tertiary alicyclic amines) is 2. The summed E-state index contributed by atoms with van der Waals surface area (Å²) in [6.45, 7) is 16.7. The SMILES string of the molecule is CC(C)Oc1ccc2[nH]nc(-c3cc(N4CCN(CCN5CC6(CN(CCOc7ccc8c(c7)C(=O)N(C7CCC(=O)NC7=O)C8=O)C6)C5)[C@@H](C)C4)ncn3)c2c1. The molecule has 2 N–H and O–H groups in total. The minimum absolute atomic E-state index is 0.0847. The first-order valence-corrected chi connectivity index (χ1v) is 19.9. The first kappa shape index (κ1) is 37.1. The highest BCUT2D eigenvalue weighted by Gasteiger charge is 2.51. The second kappa shape index (κ2) is 14.8. The summed E-state index contributed by atoms with van der Waals surface area (Å²) in [4.78, 5) is 70.1. The van der Waals surface area contributed by atoms with Gasteiger partial charge in [-0.15, -0.1) is 0 Å². The molecule has 0 radical (unpaired) electrons. The van der Waals surface area contributed by atoms with Crippen molar-refractivity contribution in [2.24, 2.45) is 5.41 Å². The van der Waals surface area contributed by atoms with Crippen LogP contribution < -0.4 is 19.7 Å². The Kier molecular flexibility index (Phi) is 9.65. The molecule has 4 aromatic rings. The van der Waals surface area contributed by atoms with E-state index >= 15 is 0 Å². The fourth-order valence-corrected chi connectivity index (χ4v) is 9.14. The molecule has 0 saturated carbocycles. The van der Waals surface area contributed by atoms with Crippen LogP contribution >= 0.6 is 0 Å². The second-order valence-electron chi connectivity index (χ2n) is 16.5. The number of piperazine rings is 1. The van der Waals surface area contributed by atoms with E-state index in [2.05, 4.69) is 52.0 Å². The Bertz CT molecular complexity index is 2230. The van der Waals surface area contributed by atoms with Crippen molar-refractivity contribution in [1.29, 1.82) is 0 Å². The van der Waals surface area contributed by atoms with E-state index in [1.807, 2.05) is 38.1 Å². The summed E-state index contributed by atoms with van der Waals surface area (Å²) in [5.41, 5.74) is 3.35. The van der Waals surface area contributed by atoms with Crippen molar-refractivity contribution in [2.75, 3.05) is 77.0 Å². The number of ether oxygens (including phenoxy) is 2. The van der Waals surface area contributed by atoms with Gasteiger partial charge in [0.1, 0.15) is 42.0 Å². The van der Waals surface area contributed by atoms with Crippen LogP contribution in [0.25, 0.3) is 22.3 Å². The second-order valence-corrected chi connectivity index (χ2v) is 16.5. The topological polar surface area (TPSA) is 169 Å². The maximum Gasteiger partial charge on any atom is 0.262 e. The molecule has 0 bridgehead atoms. The Morgan fingerprint density at radius 2 is 1.65 bits per heavy atom. The quantitative estimate of drug-likeness (QED) is 0.202. The van der Waals surface area contributed by atoms with Gasteiger partial charge in [-0.2, -0.15) is 5.10 Å². The zero-order chi connectivity index (χ0) is 39.4. The molecule has 4 fully saturated rings. The van der Waals surface area contributed by atoms with Gasteiger partial charge in [-0.1, -0.05) is 0 Å². The third kappa shape index (κ3) is 7.21. The highest BCUT2D eigenvalue weighted by Crippen LogP contribution is 2.39. The molecule has 9 rings (SSSR count). The maximum atomic E-state index is 13.1. The van der Waals surface area contributed by atoms with Gasteiger partial charge in [-0.05, 0) is 63.6 Å². The van der Waals surface area contributed by atoms with Crippen molar-refractivity contribution < 1.29 is 28.7 Å². The first-order valence-electron chi connectivity index (χ1n) is 19.9. The van der Waals surface area contributed by atoms with Gasteiger partial charge in [-0.25, -0.2) is 9.97 Å². The molecule has 1 unspecified atom stereocenters. The lowest BCUT2D eigenvalue weighted by molar-refractivity contribution is -0.136. The number of rotatable bonds is 12. The molecule has 57 heavy (non-hydrogen) atoms. The predicted molar refractivity (Wildman–Crippen MR) is 210 cm³/mol. The Hall–Kier alpha value is -5.45. The molecule has 0 aliphatic carbocycles. The highest BCUT2D eigenvalue weighted by atomic mass is 16.5. The van der Waals surface area contributed by atoms with Crippen molar-refractivity contribution in [2.45, 2.75) is 51.8 Å². The Morgan fingerprint density at radius 3 is 2.42 bits per heavy atom. The maximum absolute atomic E-state index is 13.1.